The van der Waals surface area contributed by atoms with Crippen LogP contribution in [0.15, 0.2) is 18.6 Å². The summed E-state index contributed by atoms with van der Waals surface area (Å²) in [6, 6.07) is 0. The van der Waals surface area contributed by atoms with Gasteiger partial charge in [0, 0.05) is 18.1 Å². The molecule has 0 aromatic carbocycles. The molecule has 5 heteroatoms. The molecule has 0 atom stereocenters. The van der Waals surface area contributed by atoms with Crippen molar-refractivity contribution in [2.75, 3.05) is 6.54 Å². The Balaban J connectivity index is 1.61. The van der Waals surface area contributed by atoms with Crippen molar-refractivity contribution >= 4 is 0 Å². The third-order valence-corrected chi connectivity index (χ3v) is 2.58. The van der Waals surface area contributed by atoms with Gasteiger partial charge >= 0.3 is 0 Å². The molecule has 0 unspecified atom stereocenters. The summed E-state index contributed by atoms with van der Waals surface area (Å²) in [5.41, 5.74) is 2.48. The van der Waals surface area contributed by atoms with Crippen LogP contribution in [-0.4, -0.2) is 26.7 Å². The predicted octanol–water partition coefficient (Wildman–Crippen LogP) is 1.16. The summed E-state index contributed by atoms with van der Waals surface area (Å²) >= 11 is 0. The Bertz CT molecular complexity index is 404. The number of imidazole rings is 1. The normalized spacial score (nSPS) is 10.8. The number of hydrogen-bond acceptors (Lipinski definition) is 3. The van der Waals surface area contributed by atoms with E-state index in [1.54, 1.807) is 6.20 Å². The molecule has 2 aromatic rings. The SMILES string of the molecule is Cc1[nH]ncc1CCCNCc1ncc[nH]1. The third kappa shape index (κ3) is 2.93. The van der Waals surface area contributed by atoms with Crippen LogP contribution < -0.4 is 5.32 Å². The molecule has 16 heavy (non-hydrogen) atoms. The van der Waals surface area contributed by atoms with Crippen molar-refractivity contribution in [3.63, 3.8) is 0 Å². The smallest absolute Gasteiger partial charge is 0.120 e. The first-order chi connectivity index (χ1) is 7.86. The lowest BCUT2D eigenvalue weighted by Gasteiger charge is -2.02. The van der Waals surface area contributed by atoms with Gasteiger partial charge in [-0.1, -0.05) is 0 Å². The van der Waals surface area contributed by atoms with Gasteiger partial charge in [0.2, 0.25) is 0 Å². The van der Waals surface area contributed by atoms with E-state index in [9.17, 15) is 0 Å². The van der Waals surface area contributed by atoms with E-state index in [0.717, 1.165) is 31.8 Å². The van der Waals surface area contributed by atoms with E-state index in [1.165, 1.54) is 11.3 Å². The van der Waals surface area contributed by atoms with Gasteiger partial charge in [-0.25, -0.2) is 4.98 Å². The molecular weight excluding hydrogens is 202 g/mol. The summed E-state index contributed by atoms with van der Waals surface area (Å²) in [7, 11) is 0. The van der Waals surface area contributed by atoms with E-state index in [0.29, 0.717) is 0 Å². The Morgan fingerprint density at radius 2 is 2.38 bits per heavy atom. The molecule has 0 bridgehead atoms. The molecule has 0 radical (unpaired) electrons. The minimum absolute atomic E-state index is 0.803. The highest BCUT2D eigenvalue weighted by Crippen LogP contribution is 2.04. The Morgan fingerprint density at radius 3 is 3.06 bits per heavy atom. The zero-order valence-corrected chi connectivity index (χ0v) is 9.45. The zero-order valence-electron chi connectivity index (χ0n) is 9.45. The highest BCUT2D eigenvalue weighted by molar-refractivity contribution is 5.14. The summed E-state index contributed by atoms with van der Waals surface area (Å²) in [4.78, 5) is 7.21. The lowest BCUT2D eigenvalue weighted by Crippen LogP contribution is -2.16. The van der Waals surface area contributed by atoms with Crippen LogP contribution in [0.4, 0.5) is 0 Å². The van der Waals surface area contributed by atoms with Crippen molar-refractivity contribution in [1.82, 2.24) is 25.5 Å². The van der Waals surface area contributed by atoms with Gasteiger partial charge in [0.05, 0.1) is 12.7 Å². The van der Waals surface area contributed by atoms with Crippen molar-refractivity contribution in [2.45, 2.75) is 26.3 Å². The Morgan fingerprint density at radius 1 is 1.44 bits per heavy atom. The molecule has 2 aromatic heterocycles. The first-order valence-electron chi connectivity index (χ1n) is 5.54. The van der Waals surface area contributed by atoms with Crippen molar-refractivity contribution in [3.8, 4) is 0 Å². The van der Waals surface area contributed by atoms with Crippen molar-refractivity contribution in [1.29, 1.82) is 0 Å². The number of aromatic amines is 2. The number of rotatable bonds is 6. The van der Waals surface area contributed by atoms with Crippen LogP contribution in [0.3, 0.4) is 0 Å². The van der Waals surface area contributed by atoms with E-state index in [-0.39, 0.29) is 0 Å². The third-order valence-electron chi connectivity index (χ3n) is 2.58. The number of hydrogen-bond donors (Lipinski definition) is 3. The molecule has 0 saturated carbocycles. The minimum Gasteiger partial charge on any atom is -0.348 e. The Hall–Kier alpha value is -1.62. The average Bonchev–Trinajstić information content (AvgIpc) is 2.90. The standard InChI is InChI=1S/C11H17N5/c1-9-10(7-15-16-9)3-2-4-12-8-11-13-5-6-14-11/h5-7,12H,2-4,8H2,1H3,(H,13,14)(H,15,16). The minimum atomic E-state index is 0.803. The van der Waals surface area contributed by atoms with E-state index in [2.05, 4.69) is 32.4 Å². The molecule has 3 N–H and O–H groups in total. The fourth-order valence-electron chi connectivity index (χ4n) is 1.63. The van der Waals surface area contributed by atoms with Crippen LogP contribution in [0, 0.1) is 6.92 Å². The van der Waals surface area contributed by atoms with Crippen LogP contribution in [0.5, 0.6) is 0 Å². The lowest BCUT2D eigenvalue weighted by atomic mass is 10.1. The van der Waals surface area contributed by atoms with Crippen molar-refractivity contribution < 1.29 is 0 Å². The monoisotopic (exact) mass is 219 g/mol. The number of aromatic nitrogens is 4. The fraction of sp³-hybridized carbons (Fsp3) is 0.455. The predicted molar refractivity (Wildman–Crippen MR) is 61.9 cm³/mol. The van der Waals surface area contributed by atoms with Gasteiger partial charge in [0.15, 0.2) is 0 Å². The fourth-order valence-corrected chi connectivity index (χ4v) is 1.63. The van der Waals surface area contributed by atoms with Gasteiger partial charge in [-0.3, -0.25) is 5.10 Å². The quantitative estimate of drug-likeness (QED) is 0.639. The molecule has 0 saturated heterocycles. The molecule has 2 rings (SSSR count). The highest BCUT2D eigenvalue weighted by Gasteiger charge is 1.99. The lowest BCUT2D eigenvalue weighted by molar-refractivity contribution is 0.633. The number of aryl methyl sites for hydroxylation is 2. The first kappa shape index (κ1) is 10.9. The topological polar surface area (TPSA) is 69.4 Å². The number of H-pyrrole nitrogens is 2. The molecule has 0 aliphatic carbocycles. The van der Waals surface area contributed by atoms with Crippen LogP contribution in [0.25, 0.3) is 0 Å². The summed E-state index contributed by atoms with van der Waals surface area (Å²) in [6.45, 7) is 3.85. The van der Waals surface area contributed by atoms with Crippen LogP contribution >= 0.6 is 0 Å². The summed E-state index contributed by atoms with van der Waals surface area (Å²) < 4.78 is 0. The summed E-state index contributed by atoms with van der Waals surface area (Å²) in [6.07, 6.45) is 7.69. The van der Waals surface area contributed by atoms with Gasteiger partial charge in [0.25, 0.3) is 0 Å². The maximum absolute atomic E-state index is 4.14. The molecule has 5 nitrogen and oxygen atoms in total. The molecular formula is C11H17N5. The van der Waals surface area contributed by atoms with Gasteiger partial charge < -0.3 is 10.3 Å². The highest BCUT2D eigenvalue weighted by atomic mass is 15.1. The van der Waals surface area contributed by atoms with Crippen LogP contribution in [0.1, 0.15) is 23.5 Å². The van der Waals surface area contributed by atoms with Gasteiger partial charge in [-0.05, 0) is 31.9 Å². The molecule has 2 heterocycles. The molecule has 86 valence electrons. The van der Waals surface area contributed by atoms with Crippen LogP contribution in [-0.2, 0) is 13.0 Å². The van der Waals surface area contributed by atoms with Gasteiger partial charge in [-0.2, -0.15) is 5.10 Å². The molecule has 0 aliphatic heterocycles. The number of nitrogens with zero attached hydrogens (tertiary/aromatic N) is 2. The second-order valence-corrected chi connectivity index (χ2v) is 3.84. The van der Waals surface area contributed by atoms with Crippen LogP contribution in [0.2, 0.25) is 0 Å². The van der Waals surface area contributed by atoms with E-state index >= 15 is 0 Å². The van der Waals surface area contributed by atoms with Gasteiger partial charge in [0.1, 0.15) is 5.82 Å². The van der Waals surface area contributed by atoms with E-state index in [1.807, 2.05) is 12.4 Å². The summed E-state index contributed by atoms with van der Waals surface area (Å²) in [5, 5.41) is 10.3. The molecule has 0 spiro atoms. The van der Waals surface area contributed by atoms with E-state index < -0.39 is 0 Å². The average molecular weight is 219 g/mol. The largest absolute Gasteiger partial charge is 0.348 e. The Kier molecular flexibility index (Phi) is 3.71. The maximum Gasteiger partial charge on any atom is 0.120 e. The second-order valence-electron chi connectivity index (χ2n) is 3.84. The maximum atomic E-state index is 4.14. The van der Waals surface area contributed by atoms with Crippen molar-refractivity contribution in [2.24, 2.45) is 0 Å². The second kappa shape index (κ2) is 5.46. The van der Waals surface area contributed by atoms with Gasteiger partial charge in [-0.15, -0.1) is 0 Å². The molecule has 0 fully saturated rings. The zero-order chi connectivity index (χ0) is 11.2. The Labute approximate surface area is 94.7 Å². The van der Waals surface area contributed by atoms with E-state index in [4.69, 9.17) is 0 Å². The molecule has 0 amide bonds. The number of nitrogens with one attached hydrogen (secondary N) is 3. The summed E-state index contributed by atoms with van der Waals surface area (Å²) in [5.74, 6) is 0.986. The first-order valence-corrected chi connectivity index (χ1v) is 5.54. The molecule has 0 aliphatic rings. The van der Waals surface area contributed by atoms with Crippen molar-refractivity contribution in [3.05, 3.63) is 35.7 Å².